The van der Waals surface area contributed by atoms with Crippen molar-refractivity contribution in [3.8, 4) is 12.3 Å². The van der Waals surface area contributed by atoms with Gasteiger partial charge < -0.3 is 5.32 Å². The largest absolute Gasteiger partial charge is 0.306 e. The van der Waals surface area contributed by atoms with E-state index in [1.165, 1.54) is 22.3 Å². The van der Waals surface area contributed by atoms with E-state index in [1.54, 1.807) is 0 Å². The maximum atomic E-state index is 5.32. The minimum atomic E-state index is 0.300. The highest BCUT2D eigenvalue weighted by Crippen LogP contribution is 2.34. The molecule has 0 fully saturated rings. The zero-order valence-electron chi connectivity index (χ0n) is 11.6. The minimum Gasteiger partial charge on any atom is -0.306 e. The SMILES string of the molecule is C#CCCCNC1c2ccccc2Cc2ccccc21. The highest BCUT2D eigenvalue weighted by molar-refractivity contribution is 5.48. The summed E-state index contributed by atoms with van der Waals surface area (Å²) in [6.45, 7) is 0.956. The third-order valence-corrected chi connectivity index (χ3v) is 3.96. The Morgan fingerprint density at radius 1 is 1.00 bits per heavy atom. The van der Waals surface area contributed by atoms with Crippen LogP contribution in [0.2, 0.25) is 0 Å². The summed E-state index contributed by atoms with van der Waals surface area (Å²) in [6, 6.07) is 17.8. The number of terminal acetylenes is 1. The summed E-state index contributed by atoms with van der Waals surface area (Å²) in [4.78, 5) is 0. The van der Waals surface area contributed by atoms with Gasteiger partial charge in [0.25, 0.3) is 0 Å². The fraction of sp³-hybridized carbons (Fsp3) is 0.263. The van der Waals surface area contributed by atoms with Crippen LogP contribution in [-0.4, -0.2) is 6.54 Å². The standard InChI is InChI=1S/C19H19N/c1-2-3-8-13-20-19-17-11-6-4-9-15(17)14-16-10-5-7-12-18(16)19/h1,4-7,9-12,19-20H,3,8,13-14H2. The van der Waals surface area contributed by atoms with Gasteiger partial charge in [0.15, 0.2) is 0 Å². The molecule has 0 atom stereocenters. The van der Waals surface area contributed by atoms with Gasteiger partial charge in [-0.05, 0) is 41.6 Å². The highest BCUT2D eigenvalue weighted by Gasteiger charge is 2.23. The molecule has 1 nitrogen and oxygen atoms in total. The third kappa shape index (κ3) is 2.48. The first-order valence-corrected chi connectivity index (χ1v) is 7.22. The lowest BCUT2D eigenvalue weighted by Crippen LogP contribution is -2.28. The fourth-order valence-corrected chi connectivity index (χ4v) is 2.98. The van der Waals surface area contributed by atoms with E-state index >= 15 is 0 Å². The van der Waals surface area contributed by atoms with Crippen LogP contribution in [0.25, 0.3) is 0 Å². The van der Waals surface area contributed by atoms with Crippen molar-refractivity contribution in [2.24, 2.45) is 0 Å². The van der Waals surface area contributed by atoms with Gasteiger partial charge in [0.2, 0.25) is 0 Å². The summed E-state index contributed by atoms with van der Waals surface area (Å²) in [6.07, 6.45) is 8.22. The van der Waals surface area contributed by atoms with E-state index in [1.807, 2.05) is 0 Å². The second-order valence-corrected chi connectivity index (χ2v) is 5.27. The molecule has 1 heteroatoms. The average molecular weight is 261 g/mol. The Morgan fingerprint density at radius 2 is 1.60 bits per heavy atom. The summed E-state index contributed by atoms with van der Waals surface area (Å²) in [7, 11) is 0. The molecule has 1 aliphatic rings. The van der Waals surface area contributed by atoms with E-state index in [4.69, 9.17) is 6.42 Å². The van der Waals surface area contributed by atoms with Crippen LogP contribution in [0.5, 0.6) is 0 Å². The van der Waals surface area contributed by atoms with Gasteiger partial charge >= 0.3 is 0 Å². The molecule has 0 radical (unpaired) electrons. The molecule has 0 heterocycles. The van der Waals surface area contributed by atoms with Gasteiger partial charge in [-0.25, -0.2) is 0 Å². The molecule has 2 aromatic rings. The van der Waals surface area contributed by atoms with Crippen LogP contribution in [-0.2, 0) is 6.42 Å². The maximum Gasteiger partial charge on any atom is 0.0582 e. The number of fused-ring (bicyclic) bond motifs is 2. The lowest BCUT2D eigenvalue weighted by molar-refractivity contribution is 0.575. The van der Waals surface area contributed by atoms with Gasteiger partial charge in [0, 0.05) is 6.42 Å². The molecule has 0 unspecified atom stereocenters. The quantitative estimate of drug-likeness (QED) is 0.654. The van der Waals surface area contributed by atoms with Crippen LogP contribution < -0.4 is 5.32 Å². The van der Waals surface area contributed by atoms with Crippen LogP contribution in [0.15, 0.2) is 48.5 Å². The molecule has 20 heavy (non-hydrogen) atoms. The molecule has 0 spiro atoms. The maximum absolute atomic E-state index is 5.32. The van der Waals surface area contributed by atoms with Gasteiger partial charge in [-0.1, -0.05) is 48.5 Å². The van der Waals surface area contributed by atoms with Crippen LogP contribution >= 0.6 is 0 Å². The molecule has 0 amide bonds. The Hall–Kier alpha value is -2.04. The first kappa shape index (κ1) is 13.0. The molecule has 1 N–H and O–H groups in total. The lowest BCUT2D eigenvalue weighted by atomic mass is 9.82. The van der Waals surface area contributed by atoms with Gasteiger partial charge in [-0.2, -0.15) is 0 Å². The number of unbranched alkanes of at least 4 members (excludes halogenated alkanes) is 1. The number of rotatable bonds is 4. The first-order chi connectivity index (χ1) is 9.90. The molecular formula is C19H19N. The van der Waals surface area contributed by atoms with E-state index in [9.17, 15) is 0 Å². The normalized spacial score (nSPS) is 13.3. The summed E-state index contributed by atoms with van der Waals surface area (Å²) in [5, 5.41) is 3.67. The van der Waals surface area contributed by atoms with Crippen molar-refractivity contribution in [1.29, 1.82) is 0 Å². The van der Waals surface area contributed by atoms with E-state index in [0.717, 1.165) is 25.8 Å². The Morgan fingerprint density at radius 3 is 2.20 bits per heavy atom. The molecule has 0 bridgehead atoms. The van der Waals surface area contributed by atoms with Crippen LogP contribution in [0.1, 0.15) is 41.1 Å². The van der Waals surface area contributed by atoms with Crippen LogP contribution in [0.3, 0.4) is 0 Å². The fourth-order valence-electron chi connectivity index (χ4n) is 2.98. The third-order valence-electron chi connectivity index (χ3n) is 3.96. The van der Waals surface area contributed by atoms with E-state index < -0.39 is 0 Å². The van der Waals surface area contributed by atoms with Crippen molar-refractivity contribution in [1.82, 2.24) is 5.32 Å². The first-order valence-electron chi connectivity index (χ1n) is 7.22. The number of hydrogen-bond acceptors (Lipinski definition) is 1. The van der Waals surface area contributed by atoms with Crippen molar-refractivity contribution in [2.75, 3.05) is 6.54 Å². The van der Waals surface area contributed by atoms with E-state index in [-0.39, 0.29) is 0 Å². The number of benzene rings is 2. The number of hydrogen-bond donors (Lipinski definition) is 1. The van der Waals surface area contributed by atoms with Crippen molar-refractivity contribution in [2.45, 2.75) is 25.3 Å². The van der Waals surface area contributed by atoms with Crippen molar-refractivity contribution in [3.63, 3.8) is 0 Å². The molecule has 0 aromatic heterocycles. The smallest absolute Gasteiger partial charge is 0.0582 e. The van der Waals surface area contributed by atoms with Crippen molar-refractivity contribution < 1.29 is 0 Å². The van der Waals surface area contributed by atoms with Gasteiger partial charge in [0.1, 0.15) is 0 Å². The highest BCUT2D eigenvalue weighted by atomic mass is 14.9. The zero-order valence-corrected chi connectivity index (χ0v) is 11.6. The second kappa shape index (κ2) is 5.94. The summed E-state index contributed by atoms with van der Waals surface area (Å²) in [5.41, 5.74) is 5.68. The summed E-state index contributed by atoms with van der Waals surface area (Å²) in [5.74, 6) is 2.70. The van der Waals surface area contributed by atoms with Gasteiger partial charge in [-0.15, -0.1) is 12.3 Å². The van der Waals surface area contributed by atoms with Gasteiger partial charge in [0.05, 0.1) is 6.04 Å². The number of nitrogens with one attached hydrogen (secondary N) is 1. The molecular weight excluding hydrogens is 242 g/mol. The molecule has 2 aromatic carbocycles. The summed E-state index contributed by atoms with van der Waals surface area (Å²) >= 11 is 0. The molecule has 3 rings (SSSR count). The Labute approximate surface area is 121 Å². The lowest BCUT2D eigenvalue weighted by Gasteiger charge is -2.29. The Balaban J connectivity index is 1.89. The van der Waals surface area contributed by atoms with Crippen LogP contribution in [0.4, 0.5) is 0 Å². The molecule has 100 valence electrons. The van der Waals surface area contributed by atoms with E-state index in [2.05, 4.69) is 59.8 Å². The van der Waals surface area contributed by atoms with Gasteiger partial charge in [-0.3, -0.25) is 0 Å². The molecule has 0 saturated heterocycles. The topological polar surface area (TPSA) is 12.0 Å². The average Bonchev–Trinajstić information content (AvgIpc) is 2.50. The Kier molecular flexibility index (Phi) is 3.85. The molecule has 0 aliphatic heterocycles. The van der Waals surface area contributed by atoms with Crippen LogP contribution in [0, 0.1) is 12.3 Å². The minimum absolute atomic E-state index is 0.300. The monoisotopic (exact) mass is 261 g/mol. The zero-order chi connectivity index (χ0) is 13.8. The summed E-state index contributed by atoms with van der Waals surface area (Å²) < 4.78 is 0. The molecule has 1 aliphatic carbocycles. The van der Waals surface area contributed by atoms with Crippen molar-refractivity contribution >= 4 is 0 Å². The second-order valence-electron chi connectivity index (χ2n) is 5.27. The van der Waals surface area contributed by atoms with Crippen molar-refractivity contribution in [3.05, 3.63) is 70.8 Å². The Bertz CT molecular complexity index is 591. The predicted molar refractivity (Wildman–Crippen MR) is 83.6 cm³/mol. The predicted octanol–water partition coefficient (Wildman–Crippen LogP) is 3.68. The molecule has 0 saturated carbocycles. The van der Waals surface area contributed by atoms with E-state index in [0.29, 0.717) is 6.04 Å².